The van der Waals surface area contributed by atoms with Crippen molar-refractivity contribution in [1.29, 1.82) is 0 Å². The molecule has 2 bridgehead atoms. The summed E-state index contributed by atoms with van der Waals surface area (Å²) in [6, 6.07) is 11.8. The van der Waals surface area contributed by atoms with Crippen molar-refractivity contribution in [3.8, 4) is 0 Å². The third-order valence-electron chi connectivity index (χ3n) is 6.19. The largest absolute Gasteiger partial charge is 0.361 e. The van der Waals surface area contributed by atoms with E-state index in [0.717, 1.165) is 16.5 Å². The van der Waals surface area contributed by atoms with Crippen LogP contribution in [0, 0.1) is 0 Å². The molecule has 0 radical (unpaired) electrons. The van der Waals surface area contributed by atoms with E-state index in [2.05, 4.69) is 56.1 Å². The van der Waals surface area contributed by atoms with Gasteiger partial charge in [0.2, 0.25) is 0 Å². The molecule has 0 saturated carbocycles. The Morgan fingerprint density at radius 3 is 2.46 bits per heavy atom. The average molecular weight is 395 g/mol. The van der Waals surface area contributed by atoms with Gasteiger partial charge in [-0.25, -0.2) is 0 Å². The smallest absolute Gasteiger partial charge is 0.142 e. The molecular weight excluding hydrogens is 367 g/mol. The van der Waals surface area contributed by atoms with Gasteiger partial charge in [0.1, 0.15) is 5.76 Å². The minimum atomic E-state index is 0. The van der Waals surface area contributed by atoms with E-state index < -0.39 is 0 Å². The third-order valence-corrected chi connectivity index (χ3v) is 6.44. The molecule has 0 amide bonds. The minimum Gasteiger partial charge on any atom is -0.361 e. The molecule has 4 rings (SSSR count). The number of aromatic nitrogens is 1. The Labute approximate surface area is 167 Å². The molecule has 0 aliphatic carbocycles. The number of hydrogen-bond donors (Lipinski definition) is 0. The lowest BCUT2D eigenvalue weighted by Crippen LogP contribution is -2.44. The van der Waals surface area contributed by atoms with Crippen LogP contribution in [0.4, 0.5) is 0 Å². The maximum absolute atomic E-state index is 6.11. The average Bonchev–Trinajstić information content (AvgIpc) is 3.12. The Kier molecular flexibility index (Phi) is 5.45. The van der Waals surface area contributed by atoms with Gasteiger partial charge < -0.3 is 4.52 Å². The highest BCUT2D eigenvalue weighted by molar-refractivity contribution is 6.30. The summed E-state index contributed by atoms with van der Waals surface area (Å²) in [5.74, 6) is 1.86. The zero-order chi connectivity index (χ0) is 17.8. The number of hydrogen-bond acceptors (Lipinski definition) is 3. The lowest BCUT2D eigenvalue weighted by Gasteiger charge is -2.42. The van der Waals surface area contributed by atoms with Crippen molar-refractivity contribution in [1.82, 2.24) is 10.1 Å². The zero-order valence-electron chi connectivity index (χ0n) is 15.9. The summed E-state index contributed by atoms with van der Waals surface area (Å²) in [5, 5.41) is 5.19. The molecule has 142 valence electrons. The Balaban J connectivity index is 0.00000196. The number of nitrogens with zero attached hydrogens (tertiary/aromatic N) is 2. The Hall–Kier alpha value is -1.03. The summed E-state index contributed by atoms with van der Waals surface area (Å²) >= 11 is 6.11. The molecule has 1 aromatic carbocycles. The van der Waals surface area contributed by atoms with Crippen LogP contribution in [0.2, 0.25) is 5.02 Å². The van der Waals surface area contributed by atoms with Crippen LogP contribution in [0.3, 0.4) is 0 Å². The van der Waals surface area contributed by atoms with Gasteiger partial charge in [-0.15, -0.1) is 12.4 Å². The molecule has 3 nitrogen and oxygen atoms in total. The Bertz CT molecular complexity index is 750. The third kappa shape index (κ3) is 3.42. The van der Waals surface area contributed by atoms with Crippen molar-refractivity contribution >= 4 is 24.0 Å². The highest BCUT2D eigenvalue weighted by Crippen LogP contribution is 2.51. The molecule has 1 aromatic heterocycles. The van der Waals surface area contributed by atoms with Crippen molar-refractivity contribution < 1.29 is 4.52 Å². The van der Waals surface area contributed by atoms with E-state index in [0.29, 0.717) is 23.9 Å². The molecule has 3 heterocycles. The second-order valence-electron chi connectivity index (χ2n) is 8.75. The molecule has 4 atom stereocenters. The quantitative estimate of drug-likeness (QED) is 0.645. The lowest BCUT2D eigenvalue weighted by atomic mass is 9.74. The summed E-state index contributed by atoms with van der Waals surface area (Å²) in [6.07, 6.45) is 3.69. The molecule has 5 heteroatoms. The molecule has 2 saturated heterocycles. The van der Waals surface area contributed by atoms with Crippen molar-refractivity contribution in [2.45, 2.75) is 69.4 Å². The molecule has 1 unspecified atom stereocenters. The summed E-state index contributed by atoms with van der Waals surface area (Å²) in [6.45, 7) is 6.55. The number of benzene rings is 1. The summed E-state index contributed by atoms with van der Waals surface area (Å²) in [4.78, 5) is 2.57. The molecule has 0 N–H and O–H groups in total. The zero-order valence-corrected chi connectivity index (χ0v) is 17.5. The van der Waals surface area contributed by atoms with Gasteiger partial charge in [-0.1, -0.05) is 49.7 Å². The SMILES string of the molecule is CN1C2CC[C@@H]1C[C@H](c1ccc(Cl)cc1)[C@@H]2c1cc(C(C)(C)C)no1.Cl. The van der Waals surface area contributed by atoms with Crippen LogP contribution in [0.1, 0.15) is 68.9 Å². The Morgan fingerprint density at radius 2 is 1.85 bits per heavy atom. The van der Waals surface area contributed by atoms with Crippen molar-refractivity contribution in [3.05, 3.63) is 52.4 Å². The first kappa shape index (κ1) is 19.7. The van der Waals surface area contributed by atoms with E-state index in [-0.39, 0.29) is 17.8 Å². The molecule has 2 aliphatic heterocycles. The summed E-state index contributed by atoms with van der Waals surface area (Å²) in [7, 11) is 2.27. The van der Waals surface area contributed by atoms with Gasteiger partial charge in [0.15, 0.2) is 0 Å². The second-order valence-corrected chi connectivity index (χ2v) is 9.18. The monoisotopic (exact) mass is 394 g/mol. The van der Waals surface area contributed by atoms with E-state index in [4.69, 9.17) is 16.1 Å². The first-order chi connectivity index (χ1) is 11.8. The standard InChI is InChI=1S/C21H27ClN2O.ClH/c1-21(2,3)19-12-18(25-23-19)20-16(13-5-7-14(22)8-6-13)11-15-9-10-17(20)24(15)4;/h5-8,12,15-17,20H,9-11H2,1-4H3;1H/t15-,16-,17?,20+;/m1./s1. The fourth-order valence-electron chi connectivity index (χ4n) is 4.71. The van der Waals surface area contributed by atoms with E-state index >= 15 is 0 Å². The van der Waals surface area contributed by atoms with Gasteiger partial charge in [0, 0.05) is 34.5 Å². The number of likely N-dealkylation sites (N-methyl/N-ethyl adjacent to an activating group) is 1. The molecule has 2 aliphatic rings. The van der Waals surface area contributed by atoms with Crippen LogP contribution in [-0.4, -0.2) is 29.2 Å². The van der Waals surface area contributed by atoms with Crippen LogP contribution in [-0.2, 0) is 5.41 Å². The summed E-state index contributed by atoms with van der Waals surface area (Å²) < 4.78 is 5.90. The second kappa shape index (κ2) is 7.18. The highest BCUT2D eigenvalue weighted by Gasteiger charge is 2.48. The van der Waals surface area contributed by atoms with E-state index in [1.807, 2.05) is 12.1 Å². The maximum Gasteiger partial charge on any atom is 0.142 e. The van der Waals surface area contributed by atoms with E-state index in [9.17, 15) is 0 Å². The molecule has 2 fully saturated rings. The van der Waals surface area contributed by atoms with Gasteiger partial charge >= 0.3 is 0 Å². The van der Waals surface area contributed by atoms with Gasteiger partial charge in [0.25, 0.3) is 0 Å². The minimum absolute atomic E-state index is 0. The van der Waals surface area contributed by atoms with E-state index in [1.54, 1.807) is 0 Å². The van der Waals surface area contributed by atoms with Crippen LogP contribution < -0.4 is 0 Å². The fourth-order valence-corrected chi connectivity index (χ4v) is 4.83. The molecular formula is C21H28Cl2N2O. The van der Waals surface area contributed by atoms with Crippen LogP contribution in [0.15, 0.2) is 34.9 Å². The van der Waals surface area contributed by atoms with E-state index in [1.165, 1.54) is 24.8 Å². The molecule has 0 spiro atoms. The Morgan fingerprint density at radius 1 is 1.15 bits per heavy atom. The first-order valence-corrected chi connectivity index (χ1v) is 9.67. The lowest BCUT2D eigenvalue weighted by molar-refractivity contribution is 0.122. The predicted octanol–water partition coefficient (Wildman–Crippen LogP) is 5.78. The molecule has 2 aromatic rings. The molecule has 26 heavy (non-hydrogen) atoms. The number of piperidine rings is 1. The van der Waals surface area contributed by atoms with Gasteiger partial charge in [-0.05, 0) is 49.9 Å². The number of halogens is 2. The maximum atomic E-state index is 6.11. The van der Waals surface area contributed by atoms with Gasteiger partial charge in [-0.2, -0.15) is 0 Å². The van der Waals surface area contributed by atoms with Crippen molar-refractivity contribution in [2.75, 3.05) is 7.05 Å². The normalized spacial score (nSPS) is 28.8. The summed E-state index contributed by atoms with van der Waals surface area (Å²) in [5.41, 5.74) is 2.42. The fraction of sp³-hybridized carbons (Fsp3) is 0.571. The topological polar surface area (TPSA) is 29.3 Å². The van der Waals surface area contributed by atoms with Gasteiger partial charge in [0.05, 0.1) is 5.69 Å². The van der Waals surface area contributed by atoms with Crippen LogP contribution >= 0.6 is 24.0 Å². The van der Waals surface area contributed by atoms with Crippen molar-refractivity contribution in [2.24, 2.45) is 0 Å². The van der Waals surface area contributed by atoms with Crippen LogP contribution in [0.25, 0.3) is 0 Å². The highest BCUT2D eigenvalue weighted by atomic mass is 35.5. The number of fused-ring (bicyclic) bond motifs is 2. The van der Waals surface area contributed by atoms with Crippen molar-refractivity contribution in [3.63, 3.8) is 0 Å². The first-order valence-electron chi connectivity index (χ1n) is 9.29. The van der Waals surface area contributed by atoms with Crippen LogP contribution in [0.5, 0.6) is 0 Å². The van der Waals surface area contributed by atoms with Gasteiger partial charge in [-0.3, -0.25) is 4.90 Å². The number of rotatable bonds is 2. The predicted molar refractivity (Wildman–Crippen MR) is 109 cm³/mol.